The summed E-state index contributed by atoms with van der Waals surface area (Å²) in [6, 6.07) is 6.20. The van der Waals surface area contributed by atoms with Crippen molar-refractivity contribution in [2.75, 3.05) is 6.61 Å². The van der Waals surface area contributed by atoms with Gasteiger partial charge in [-0.1, -0.05) is 18.2 Å². The fourth-order valence-electron chi connectivity index (χ4n) is 6.14. The average molecular weight is 373 g/mol. The topological polar surface area (TPSA) is 55.4 Å². The third kappa shape index (κ3) is 3.87. The second-order valence-corrected chi connectivity index (χ2v) is 9.00. The first-order valence-corrected chi connectivity index (χ1v) is 10.1. The summed E-state index contributed by atoms with van der Waals surface area (Å²) in [5, 5.41) is 3.08. The van der Waals surface area contributed by atoms with Crippen LogP contribution in [-0.2, 0) is 20.7 Å². The van der Waals surface area contributed by atoms with Gasteiger partial charge in [0.05, 0.1) is 6.42 Å². The van der Waals surface area contributed by atoms with Gasteiger partial charge in [0.25, 0.3) is 5.91 Å². The third-order valence-electron chi connectivity index (χ3n) is 7.04. The zero-order valence-electron chi connectivity index (χ0n) is 15.9. The largest absolute Gasteiger partial charge is 0.455 e. The van der Waals surface area contributed by atoms with Gasteiger partial charge >= 0.3 is 5.97 Å². The third-order valence-corrected chi connectivity index (χ3v) is 7.04. The molecule has 0 aliphatic heterocycles. The number of carbonyl (C=O) groups excluding carboxylic acids is 2. The Kier molecular flexibility index (Phi) is 4.95. The fourth-order valence-corrected chi connectivity index (χ4v) is 6.14. The molecular formula is C22H28FNO3. The predicted octanol–water partition coefficient (Wildman–Crippen LogP) is 3.63. The number of esters is 1. The van der Waals surface area contributed by atoms with Crippen molar-refractivity contribution in [2.45, 2.75) is 57.9 Å². The molecule has 1 aromatic rings. The van der Waals surface area contributed by atoms with Gasteiger partial charge in [0, 0.05) is 6.04 Å². The Bertz CT molecular complexity index is 697. The van der Waals surface area contributed by atoms with Crippen LogP contribution in [0.15, 0.2) is 24.3 Å². The van der Waals surface area contributed by atoms with Gasteiger partial charge in [0.1, 0.15) is 5.82 Å². The van der Waals surface area contributed by atoms with Gasteiger partial charge in [-0.25, -0.2) is 4.39 Å². The summed E-state index contributed by atoms with van der Waals surface area (Å²) in [5.74, 6) is 1.20. The van der Waals surface area contributed by atoms with Gasteiger partial charge in [-0.3, -0.25) is 9.59 Å². The Hall–Kier alpha value is -1.91. The molecule has 0 saturated heterocycles. The van der Waals surface area contributed by atoms with E-state index in [1.807, 2.05) is 0 Å². The van der Waals surface area contributed by atoms with Crippen LogP contribution in [0.25, 0.3) is 0 Å². The molecule has 4 bridgehead atoms. The monoisotopic (exact) mass is 373 g/mol. The molecule has 5 rings (SSSR count). The van der Waals surface area contributed by atoms with E-state index < -0.39 is 11.8 Å². The van der Waals surface area contributed by atoms with Crippen molar-refractivity contribution in [3.05, 3.63) is 35.6 Å². The molecule has 146 valence electrons. The number of carbonyl (C=O) groups is 2. The van der Waals surface area contributed by atoms with Crippen LogP contribution in [0.1, 0.15) is 51.0 Å². The summed E-state index contributed by atoms with van der Waals surface area (Å²) in [6.45, 7) is 1.80. The maximum Gasteiger partial charge on any atom is 0.310 e. The molecule has 0 radical (unpaired) electrons. The zero-order valence-corrected chi connectivity index (χ0v) is 15.9. The number of rotatable bonds is 6. The van der Waals surface area contributed by atoms with E-state index >= 15 is 0 Å². The van der Waals surface area contributed by atoms with E-state index in [2.05, 4.69) is 12.2 Å². The summed E-state index contributed by atoms with van der Waals surface area (Å²) in [7, 11) is 0. The van der Waals surface area contributed by atoms with Crippen molar-refractivity contribution in [1.29, 1.82) is 0 Å². The molecule has 4 aliphatic carbocycles. The number of halogens is 1. The normalized spacial score (nSPS) is 32.1. The van der Waals surface area contributed by atoms with E-state index in [0.717, 1.165) is 17.8 Å². The Labute approximate surface area is 159 Å². The first kappa shape index (κ1) is 18.5. The SMILES string of the molecule is C[C@H](NC(=O)COC(=O)Cc1ccccc1F)C12CC3CC(CC(C3)C1)C2. The van der Waals surface area contributed by atoms with Gasteiger partial charge < -0.3 is 10.1 Å². The van der Waals surface area contributed by atoms with Gasteiger partial charge in [-0.15, -0.1) is 0 Å². The van der Waals surface area contributed by atoms with Crippen LogP contribution >= 0.6 is 0 Å². The molecule has 4 fully saturated rings. The first-order chi connectivity index (χ1) is 12.9. The summed E-state index contributed by atoms with van der Waals surface area (Å²) >= 11 is 0. The maximum atomic E-state index is 13.6. The number of amides is 1. The van der Waals surface area contributed by atoms with E-state index in [1.165, 1.54) is 44.6 Å². The first-order valence-electron chi connectivity index (χ1n) is 10.1. The van der Waals surface area contributed by atoms with Crippen LogP contribution in [0.4, 0.5) is 4.39 Å². The van der Waals surface area contributed by atoms with Crippen molar-refractivity contribution in [1.82, 2.24) is 5.32 Å². The summed E-state index contributed by atoms with van der Waals surface area (Å²) < 4.78 is 18.7. The smallest absolute Gasteiger partial charge is 0.310 e. The molecular weight excluding hydrogens is 345 g/mol. The van der Waals surface area contributed by atoms with Gasteiger partial charge in [-0.2, -0.15) is 0 Å². The van der Waals surface area contributed by atoms with E-state index in [4.69, 9.17) is 4.74 Å². The van der Waals surface area contributed by atoms with Crippen LogP contribution in [0.3, 0.4) is 0 Å². The minimum absolute atomic E-state index is 0.101. The van der Waals surface area contributed by atoms with E-state index in [9.17, 15) is 14.0 Å². The number of ether oxygens (including phenoxy) is 1. The lowest BCUT2D eigenvalue weighted by atomic mass is 9.48. The fraction of sp³-hybridized carbons (Fsp3) is 0.636. The Morgan fingerprint density at radius 3 is 2.33 bits per heavy atom. The van der Waals surface area contributed by atoms with E-state index in [-0.39, 0.29) is 36.0 Å². The maximum absolute atomic E-state index is 13.6. The highest BCUT2D eigenvalue weighted by Crippen LogP contribution is 2.61. The lowest BCUT2D eigenvalue weighted by Crippen LogP contribution is -2.56. The molecule has 5 heteroatoms. The highest BCUT2D eigenvalue weighted by atomic mass is 19.1. The van der Waals surface area contributed by atoms with Gasteiger partial charge in [0.2, 0.25) is 0 Å². The quantitative estimate of drug-likeness (QED) is 0.775. The highest BCUT2D eigenvalue weighted by Gasteiger charge is 2.53. The Morgan fingerprint density at radius 2 is 1.74 bits per heavy atom. The van der Waals surface area contributed by atoms with Crippen LogP contribution in [0.2, 0.25) is 0 Å². The Morgan fingerprint density at radius 1 is 1.15 bits per heavy atom. The van der Waals surface area contributed by atoms with Crippen LogP contribution in [0, 0.1) is 29.0 Å². The van der Waals surface area contributed by atoms with E-state index in [0.29, 0.717) is 0 Å². The predicted molar refractivity (Wildman–Crippen MR) is 99.3 cm³/mol. The molecule has 0 aromatic heterocycles. The average Bonchev–Trinajstić information content (AvgIpc) is 2.61. The van der Waals surface area contributed by atoms with Gasteiger partial charge in [0.15, 0.2) is 6.61 Å². The van der Waals surface area contributed by atoms with Crippen LogP contribution < -0.4 is 5.32 Å². The molecule has 4 saturated carbocycles. The molecule has 1 atom stereocenters. The molecule has 27 heavy (non-hydrogen) atoms. The Balaban J connectivity index is 1.27. The van der Waals surface area contributed by atoms with Crippen LogP contribution in [-0.4, -0.2) is 24.5 Å². The van der Waals surface area contributed by atoms with Crippen molar-refractivity contribution < 1.29 is 18.7 Å². The van der Waals surface area contributed by atoms with Crippen LogP contribution in [0.5, 0.6) is 0 Å². The molecule has 1 aromatic carbocycles. The second-order valence-electron chi connectivity index (χ2n) is 9.00. The molecule has 0 spiro atoms. The van der Waals surface area contributed by atoms with Crippen molar-refractivity contribution in [2.24, 2.45) is 23.2 Å². The zero-order chi connectivity index (χ0) is 19.0. The summed E-state index contributed by atoms with van der Waals surface area (Å²) in [5.41, 5.74) is 0.506. The number of hydrogen-bond acceptors (Lipinski definition) is 3. The van der Waals surface area contributed by atoms with Crippen molar-refractivity contribution >= 4 is 11.9 Å². The summed E-state index contributed by atoms with van der Waals surface area (Å²) in [6.07, 6.45) is 7.59. The lowest BCUT2D eigenvalue weighted by molar-refractivity contribution is -0.149. The molecule has 4 nitrogen and oxygen atoms in total. The molecule has 1 amide bonds. The number of benzene rings is 1. The number of hydrogen-bond donors (Lipinski definition) is 1. The molecule has 1 N–H and O–H groups in total. The minimum Gasteiger partial charge on any atom is -0.455 e. The van der Waals surface area contributed by atoms with E-state index in [1.54, 1.807) is 18.2 Å². The highest BCUT2D eigenvalue weighted by molar-refractivity contribution is 5.81. The number of nitrogens with one attached hydrogen (secondary N) is 1. The molecule has 0 heterocycles. The second kappa shape index (κ2) is 7.25. The molecule has 0 unspecified atom stereocenters. The molecule has 4 aliphatic rings. The summed E-state index contributed by atoms with van der Waals surface area (Å²) in [4.78, 5) is 24.2. The van der Waals surface area contributed by atoms with Gasteiger partial charge in [-0.05, 0) is 80.2 Å². The standard InChI is InChI=1S/C22H28FNO3/c1-14(22-10-15-6-16(11-22)8-17(7-15)12-22)24-20(25)13-27-21(26)9-18-4-2-3-5-19(18)23/h2-5,14-17H,6-13H2,1H3,(H,24,25)/t14-,15?,16?,17?,22?/m0/s1. The lowest BCUT2D eigenvalue weighted by Gasteiger charge is -2.59. The van der Waals surface area contributed by atoms with Crippen molar-refractivity contribution in [3.63, 3.8) is 0 Å². The minimum atomic E-state index is -0.585. The van der Waals surface area contributed by atoms with Crippen molar-refractivity contribution in [3.8, 4) is 0 Å².